The van der Waals surface area contributed by atoms with Gasteiger partial charge in [-0.1, -0.05) is 108 Å². The van der Waals surface area contributed by atoms with Gasteiger partial charge in [0.25, 0.3) is 0 Å². The predicted octanol–water partition coefficient (Wildman–Crippen LogP) is 9.71. The van der Waals surface area contributed by atoms with Gasteiger partial charge >= 0.3 is 5.97 Å². The van der Waals surface area contributed by atoms with Gasteiger partial charge in [-0.25, -0.2) is 13.6 Å². The highest BCUT2D eigenvalue weighted by atomic mass is 19.1. The molecule has 3 aromatic rings. The smallest absolute Gasteiger partial charge is 0.376 e. The molecule has 0 aliphatic rings. The van der Waals surface area contributed by atoms with Crippen LogP contribution in [0.5, 0.6) is 5.75 Å². The molecular weight excluding hydrogens is 498 g/mol. The zero-order valence-corrected chi connectivity index (χ0v) is 23.1. The third kappa shape index (κ3) is 9.17. The molecule has 0 aromatic heterocycles. The second-order valence-electron chi connectivity index (χ2n) is 9.73. The number of hydrogen-bond donors (Lipinski definition) is 0. The molecule has 0 spiro atoms. The van der Waals surface area contributed by atoms with E-state index in [1.165, 1.54) is 37.5 Å². The number of hydrogen-bond acceptors (Lipinski definition) is 4. The molecule has 0 fully saturated rings. The summed E-state index contributed by atoms with van der Waals surface area (Å²) < 4.78 is 36.6. The van der Waals surface area contributed by atoms with Crippen LogP contribution in [0.15, 0.2) is 60.7 Å². The molecule has 0 atom stereocenters. The van der Waals surface area contributed by atoms with Gasteiger partial charge < -0.3 is 4.74 Å². The molecular formula is C33H40F2O4. The Labute approximate surface area is 231 Å². The van der Waals surface area contributed by atoms with Gasteiger partial charge in [-0.2, -0.15) is 4.89 Å². The van der Waals surface area contributed by atoms with Crippen LogP contribution in [0.25, 0.3) is 22.3 Å². The number of unbranched alkanes of at least 4 members (excludes halogenated alkanes) is 8. The molecule has 0 unspecified atom stereocenters. The molecule has 39 heavy (non-hydrogen) atoms. The summed E-state index contributed by atoms with van der Waals surface area (Å²) in [5, 5.41) is 0. The van der Waals surface area contributed by atoms with Gasteiger partial charge in [0.05, 0.1) is 18.8 Å². The highest BCUT2D eigenvalue weighted by molar-refractivity contribution is 5.95. The Balaban J connectivity index is 1.78. The average Bonchev–Trinajstić information content (AvgIpc) is 2.95. The van der Waals surface area contributed by atoms with Crippen molar-refractivity contribution in [3.8, 4) is 28.0 Å². The van der Waals surface area contributed by atoms with E-state index in [4.69, 9.17) is 14.5 Å². The average molecular weight is 539 g/mol. The summed E-state index contributed by atoms with van der Waals surface area (Å²) in [7, 11) is 0. The largest absolute Gasteiger partial charge is 0.491 e. The van der Waals surface area contributed by atoms with Crippen molar-refractivity contribution < 1.29 is 28.1 Å². The van der Waals surface area contributed by atoms with Crippen LogP contribution in [0.1, 0.15) is 88.4 Å². The second-order valence-corrected chi connectivity index (χ2v) is 9.73. The molecule has 4 nitrogen and oxygen atoms in total. The van der Waals surface area contributed by atoms with Crippen LogP contribution >= 0.6 is 0 Å². The van der Waals surface area contributed by atoms with Crippen molar-refractivity contribution in [2.75, 3.05) is 13.2 Å². The molecule has 0 amide bonds. The first-order valence-corrected chi connectivity index (χ1v) is 14.2. The molecule has 3 aromatic carbocycles. The monoisotopic (exact) mass is 538 g/mol. The summed E-state index contributed by atoms with van der Waals surface area (Å²) in [4.78, 5) is 22.7. The third-order valence-corrected chi connectivity index (χ3v) is 6.64. The molecule has 0 N–H and O–H groups in total. The maximum atomic E-state index is 15.9. The van der Waals surface area contributed by atoms with Crippen LogP contribution in [0, 0.1) is 11.6 Å². The van der Waals surface area contributed by atoms with E-state index in [1.54, 1.807) is 12.1 Å². The number of halogens is 2. The van der Waals surface area contributed by atoms with Gasteiger partial charge in [-0.15, -0.1) is 0 Å². The summed E-state index contributed by atoms with van der Waals surface area (Å²) in [6.07, 6.45) is 10.5. The molecule has 0 aliphatic carbocycles. The Morgan fingerprint density at radius 2 is 1.38 bits per heavy atom. The SMILES string of the molecule is CCCCCCCCOOC(=O)c1ccc(-c2ccccc2)c(-c2ccc(OCCCCCC)c(F)c2)c1F. The van der Waals surface area contributed by atoms with E-state index in [-0.39, 0.29) is 23.5 Å². The van der Waals surface area contributed by atoms with E-state index in [0.29, 0.717) is 17.7 Å². The van der Waals surface area contributed by atoms with E-state index in [1.807, 2.05) is 30.3 Å². The van der Waals surface area contributed by atoms with Crippen molar-refractivity contribution in [3.05, 3.63) is 77.9 Å². The van der Waals surface area contributed by atoms with E-state index >= 15 is 8.78 Å². The number of carbonyl (C=O) groups is 1. The van der Waals surface area contributed by atoms with Crippen molar-refractivity contribution in [1.82, 2.24) is 0 Å². The number of rotatable bonds is 17. The fraction of sp³-hybridized carbons (Fsp3) is 0.424. The topological polar surface area (TPSA) is 44.8 Å². The standard InChI is InChI=1S/C33H40F2O4/c1-3-5-7-9-10-15-23-38-39-33(36)28-20-19-27(25-16-12-11-13-17-25)31(32(28)35)26-18-21-30(29(34)24-26)37-22-14-8-6-4-2/h11-13,16-21,24H,3-10,14-15,22-23H2,1-2H3. The molecule has 0 radical (unpaired) electrons. The first-order chi connectivity index (χ1) is 19.1. The summed E-state index contributed by atoms with van der Waals surface area (Å²) in [6.45, 7) is 4.95. The molecule has 6 heteroatoms. The maximum Gasteiger partial charge on any atom is 0.376 e. The Hall–Kier alpha value is -3.25. The lowest BCUT2D eigenvalue weighted by Crippen LogP contribution is -2.10. The minimum absolute atomic E-state index is 0.111. The van der Waals surface area contributed by atoms with Crippen molar-refractivity contribution >= 4 is 5.97 Å². The summed E-state index contributed by atoms with van der Waals surface area (Å²) in [6, 6.07) is 16.6. The summed E-state index contributed by atoms with van der Waals surface area (Å²) >= 11 is 0. The minimum atomic E-state index is -0.924. The first-order valence-electron chi connectivity index (χ1n) is 14.2. The van der Waals surface area contributed by atoms with Crippen molar-refractivity contribution in [2.24, 2.45) is 0 Å². The maximum absolute atomic E-state index is 15.9. The lowest BCUT2D eigenvalue weighted by atomic mass is 9.92. The van der Waals surface area contributed by atoms with Crippen LogP contribution in [-0.2, 0) is 9.78 Å². The minimum Gasteiger partial charge on any atom is -0.491 e. The normalized spacial score (nSPS) is 11.0. The Bertz CT molecular complexity index is 1160. The highest BCUT2D eigenvalue weighted by Gasteiger charge is 2.23. The van der Waals surface area contributed by atoms with Crippen molar-refractivity contribution in [1.29, 1.82) is 0 Å². The lowest BCUT2D eigenvalue weighted by molar-refractivity contribution is -0.241. The van der Waals surface area contributed by atoms with Gasteiger partial charge in [0, 0.05) is 5.56 Å². The predicted molar refractivity (Wildman–Crippen MR) is 152 cm³/mol. The molecule has 0 aliphatic heterocycles. The van der Waals surface area contributed by atoms with E-state index < -0.39 is 17.6 Å². The van der Waals surface area contributed by atoms with Crippen LogP contribution in [0.2, 0.25) is 0 Å². The Kier molecular flexibility index (Phi) is 12.9. The zero-order valence-electron chi connectivity index (χ0n) is 23.1. The molecule has 0 saturated heterocycles. The molecule has 0 bridgehead atoms. The highest BCUT2D eigenvalue weighted by Crippen LogP contribution is 2.37. The van der Waals surface area contributed by atoms with E-state index in [2.05, 4.69) is 13.8 Å². The van der Waals surface area contributed by atoms with Gasteiger partial charge in [-0.05, 0) is 47.7 Å². The fourth-order valence-electron chi connectivity index (χ4n) is 4.44. The van der Waals surface area contributed by atoms with Crippen LogP contribution in [0.3, 0.4) is 0 Å². The molecule has 0 heterocycles. The van der Waals surface area contributed by atoms with Crippen molar-refractivity contribution in [2.45, 2.75) is 78.1 Å². The zero-order chi connectivity index (χ0) is 27.9. The second kappa shape index (κ2) is 16.7. The van der Waals surface area contributed by atoms with Crippen LogP contribution in [-0.4, -0.2) is 19.2 Å². The summed E-state index contributed by atoms with van der Waals surface area (Å²) in [5.74, 6) is -2.18. The number of carbonyl (C=O) groups excluding carboxylic acids is 1. The molecule has 0 saturated carbocycles. The van der Waals surface area contributed by atoms with Crippen LogP contribution in [0.4, 0.5) is 8.78 Å². The Morgan fingerprint density at radius 3 is 2.10 bits per heavy atom. The van der Waals surface area contributed by atoms with E-state index in [0.717, 1.165) is 50.5 Å². The van der Waals surface area contributed by atoms with Gasteiger partial charge in [0.1, 0.15) is 5.82 Å². The first kappa shape index (κ1) is 30.3. The molecule has 210 valence electrons. The lowest BCUT2D eigenvalue weighted by Gasteiger charge is -2.15. The Morgan fingerprint density at radius 1 is 0.718 bits per heavy atom. The van der Waals surface area contributed by atoms with Crippen molar-refractivity contribution in [3.63, 3.8) is 0 Å². The van der Waals surface area contributed by atoms with Gasteiger partial charge in [0.15, 0.2) is 11.6 Å². The molecule has 3 rings (SSSR count). The van der Waals surface area contributed by atoms with E-state index in [9.17, 15) is 4.79 Å². The van der Waals surface area contributed by atoms with Crippen LogP contribution < -0.4 is 4.74 Å². The van der Waals surface area contributed by atoms with Gasteiger partial charge in [0.2, 0.25) is 0 Å². The van der Waals surface area contributed by atoms with Gasteiger partial charge in [-0.3, -0.25) is 4.89 Å². The fourth-order valence-corrected chi connectivity index (χ4v) is 4.44. The summed E-state index contributed by atoms with van der Waals surface area (Å²) in [5.41, 5.74) is 1.40. The quantitative estimate of drug-likeness (QED) is 0.0975. The number of ether oxygens (including phenoxy) is 1. The number of benzene rings is 3. The third-order valence-electron chi connectivity index (χ3n) is 6.64.